The summed E-state index contributed by atoms with van der Waals surface area (Å²) in [5.74, 6) is 0. The summed E-state index contributed by atoms with van der Waals surface area (Å²) in [7, 11) is -3.71. The van der Waals surface area contributed by atoms with Crippen LogP contribution in [0.4, 0.5) is 0 Å². The zero-order valence-electron chi connectivity index (χ0n) is 13.9. The summed E-state index contributed by atoms with van der Waals surface area (Å²) in [6.45, 7) is 2.02. The second-order valence-corrected chi connectivity index (χ2v) is 8.24. The number of aryl methyl sites for hydroxylation is 1. The van der Waals surface area contributed by atoms with Gasteiger partial charge in [0.1, 0.15) is 5.65 Å². The Morgan fingerprint density at radius 2 is 1.81 bits per heavy atom. The molecule has 26 heavy (non-hydrogen) atoms. The topological polar surface area (TPSA) is 69.0 Å². The predicted octanol–water partition coefficient (Wildman–Crippen LogP) is 3.25. The van der Waals surface area contributed by atoms with Crippen LogP contribution in [0.25, 0.3) is 27.6 Å². The molecule has 6 heteroatoms. The van der Waals surface area contributed by atoms with Crippen molar-refractivity contribution in [1.29, 1.82) is 0 Å². The molecule has 0 saturated carbocycles. The van der Waals surface area contributed by atoms with Crippen molar-refractivity contribution < 1.29 is 8.42 Å². The van der Waals surface area contributed by atoms with E-state index in [0.717, 1.165) is 12.0 Å². The van der Waals surface area contributed by atoms with Crippen LogP contribution < -0.4 is 5.43 Å². The highest BCUT2D eigenvalue weighted by Gasteiger charge is 2.32. The van der Waals surface area contributed by atoms with E-state index in [1.807, 2.05) is 23.6 Å². The lowest BCUT2D eigenvalue weighted by Gasteiger charge is -2.24. The van der Waals surface area contributed by atoms with Gasteiger partial charge in [-0.15, -0.1) is 0 Å². The average molecular weight is 362 g/mol. The third-order valence-electron chi connectivity index (χ3n) is 4.96. The molecule has 0 bridgehead atoms. The number of nitrogens with zero attached hydrogens (tertiary/aromatic N) is 2. The van der Waals surface area contributed by atoms with E-state index in [1.54, 1.807) is 42.6 Å². The molecular weight excluding hydrogens is 348 g/mol. The molecule has 1 aliphatic rings. The van der Waals surface area contributed by atoms with E-state index in [4.69, 9.17) is 0 Å². The fourth-order valence-corrected chi connectivity index (χ4v) is 5.32. The molecule has 3 heterocycles. The Balaban J connectivity index is 2.17. The Labute approximate surface area is 149 Å². The van der Waals surface area contributed by atoms with Crippen LogP contribution in [0.15, 0.2) is 69.3 Å². The van der Waals surface area contributed by atoms with Gasteiger partial charge in [-0.05, 0) is 48.4 Å². The van der Waals surface area contributed by atoms with Crippen molar-refractivity contribution in [1.82, 2.24) is 9.55 Å². The highest BCUT2D eigenvalue weighted by atomic mass is 32.2. The molecule has 5 nitrogen and oxygen atoms in total. The van der Waals surface area contributed by atoms with Crippen LogP contribution in [-0.4, -0.2) is 18.0 Å². The fraction of sp³-hybridized carbons (Fsp3) is 0.100. The molecule has 2 aromatic heterocycles. The molecule has 1 aliphatic heterocycles. The van der Waals surface area contributed by atoms with Crippen molar-refractivity contribution in [3.8, 4) is 5.69 Å². The van der Waals surface area contributed by atoms with E-state index in [1.165, 1.54) is 0 Å². The molecule has 0 spiro atoms. The second kappa shape index (κ2) is 5.02. The molecule has 4 aromatic rings. The summed E-state index contributed by atoms with van der Waals surface area (Å²) < 4.78 is 28.2. The van der Waals surface area contributed by atoms with Gasteiger partial charge >= 0.3 is 0 Å². The third-order valence-corrected chi connectivity index (χ3v) is 6.79. The van der Waals surface area contributed by atoms with Crippen molar-refractivity contribution in [3.63, 3.8) is 0 Å². The van der Waals surface area contributed by atoms with E-state index >= 15 is 0 Å². The monoisotopic (exact) mass is 362 g/mol. The van der Waals surface area contributed by atoms with Crippen LogP contribution in [0.2, 0.25) is 0 Å². The SMILES string of the molecule is CCc1ccc2c(c1)-n1c3ncccc3c(=O)c3cccc(c31)S2(=O)=O. The smallest absolute Gasteiger partial charge is 0.210 e. The van der Waals surface area contributed by atoms with Crippen molar-refractivity contribution in [2.24, 2.45) is 0 Å². The van der Waals surface area contributed by atoms with Crippen LogP contribution in [-0.2, 0) is 16.3 Å². The zero-order chi connectivity index (χ0) is 18.1. The van der Waals surface area contributed by atoms with Crippen molar-refractivity contribution in [2.75, 3.05) is 0 Å². The number of pyridine rings is 2. The fourth-order valence-electron chi connectivity index (χ4n) is 3.69. The lowest BCUT2D eigenvalue weighted by atomic mass is 10.1. The van der Waals surface area contributed by atoms with Gasteiger partial charge in [0.2, 0.25) is 9.84 Å². The number of para-hydroxylation sites is 1. The highest BCUT2D eigenvalue weighted by molar-refractivity contribution is 7.92. The number of benzene rings is 2. The van der Waals surface area contributed by atoms with Crippen LogP contribution in [0, 0.1) is 0 Å². The highest BCUT2D eigenvalue weighted by Crippen LogP contribution is 2.39. The number of hydrogen-bond acceptors (Lipinski definition) is 4. The first-order chi connectivity index (χ1) is 12.5. The number of sulfone groups is 1. The number of hydrogen-bond donors (Lipinski definition) is 0. The maximum absolute atomic E-state index is 13.2. The van der Waals surface area contributed by atoms with E-state index in [2.05, 4.69) is 4.98 Å². The number of rotatable bonds is 1. The number of fused-ring (bicyclic) bond motifs is 4. The lowest BCUT2D eigenvalue weighted by molar-refractivity contribution is 0.594. The maximum Gasteiger partial charge on any atom is 0.210 e. The Hall–Kier alpha value is -2.99. The first-order valence-corrected chi connectivity index (χ1v) is 9.83. The summed E-state index contributed by atoms with van der Waals surface area (Å²) >= 11 is 0. The van der Waals surface area contributed by atoms with Gasteiger partial charge in [0.25, 0.3) is 0 Å². The standard InChI is InChI=1S/C20H14N2O3S/c1-2-12-8-9-16-15(11-12)22-18-13(5-3-7-17(18)26(16,24)25)19(23)14-6-4-10-21-20(14)22/h3-11H,2H2,1H3. The van der Waals surface area contributed by atoms with Crippen molar-refractivity contribution in [3.05, 3.63) is 70.5 Å². The third kappa shape index (κ3) is 1.77. The van der Waals surface area contributed by atoms with Crippen LogP contribution >= 0.6 is 0 Å². The van der Waals surface area contributed by atoms with E-state index in [-0.39, 0.29) is 15.2 Å². The first-order valence-electron chi connectivity index (χ1n) is 8.35. The number of aromatic nitrogens is 2. The second-order valence-electron chi connectivity index (χ2n) is 6.35. The van der Waals surface area contributed by atoms with E-state index < -0.39 is 9.84 Å². The molecule has 0 aliphatic carbocycles. The molecule has 0 amide bonds. The van der Waals surface area contributed by atoms with Gasteiger partial charge in [0, 0.05) is 11.6 Å². The van der Waals surface area contributed by atoms with Gasteiger partial charge < -0.3 is 0 Å². The molecule has 2 aromatic carbocycles. The molecule has 128 valence electrons. The maximum atomic E-state index is 13.2. The molecule has 5 rings (SSSR count). The first kappa shape index (κ1) is 15.3. The van der Waals surface area contributed by atoms with Crippen molar-refractivity contribution >= 4 is 31.8 Å². The minimum Gasteiger partial charge on any atom is -0.291 e. The van der Waals surface area contributed by atoms with Gasteiger partial charge in [-0.1, -0.05) is 19.1 Å². The Morgan fingerprint density at radius 1 is 1.00 bits per heavy atom. The van der Waals surface area contributed by atoms with Crippen LogP contribution in [0.3, 0.4) is 0 Å². The molecule has 0 atom stereocenters. The average Bonchev–Trinajstić information content (AvgIpc) is 2.67. The van der Waals surface area contributed by atoms with Crippen LogP contribution in [0.5, 0.6) is 0 Å². The Morgan fingerprint density at radius 3 is 2.62 bits per heavy atom. The summed E-state index contributed by atoms with van der Waals surface area (Å²) in [6.07, 6.45) is 2.40. The predicted molar refractivity (Wildman–Crippen MR) is 99.7 cm³/mol. The van der Waals surface area contributed by atoms with Gasteiger partial charge in [0.05, 0.1) is 26.4 Å². The van der Waals surface area contributed by atoms with Gasteiger partial charge in [0.15, 0.2) is 5.43 Å². The zero-order valence-corrected chi connectivity index (χ0v) is 14.7. The summed E-state index contributed by atoms with van der Waals surface area (Å²) in [5.41, 5.74) is 2.25. The quantitative estimate of drug-likeness (QED) is 0.429. The molecule has 0 unspecified atom stereocenters. The van der Waals surface area contributed by atoms with E-state index in [0.29, 0.717) is 27.6 Å². The minimum atomic E-state index is -3.71. The molecular formula is C20H14N2O3S. The van der Waals surface area contributed by atoms with Crippen molar-refractivity contribution in [2.45, 2.75) is 23.1 Å². The molecule has 0 saturated heterocycles. The Bertz CT molecular complexity index is 1400. The van der Waals surface area contributed by atoms with Gasteiger partial charge in [-0.3, -0.25) is 9.36 Å². The summed E-state index contributed by atoms with van der Waals surface area (Å²) in [4.78, 5) is 17.7. The molecule has 0 radical (unpaired) electrons. The normalized spacial score (nSPS) is 14.5. The van der Waals surface area contributed by atoms with Gasteiger partial charge in [-0.25, -0.2) is 13.4 Å². The minimum absolute atomic E-state index is 0.149. The molecule has 0 N–H and O–H groups in total. The molecule has 0 fully saturated rings. The largest absolute Gasteiger partial charge is 0.291 e. The van der Waals surface area contributed by atoms with E-state index in [9.17, 15) is 13.2 Å². The Kier molecular flexibility index (Phi) is 2.95. The van der Waals surface area contributed by atoms with Gasteiger partial charge in [-0.2, -0.15) is 0 Å². The summed E-state index contributed by atoms with van der Waals surface area (Å²) in [6, 6.07) is 13.7. The summed E-state index contributed by atoms with van der Waals surface area (Å²) in [5, 5.41) is 0.864. The lowest BCUT2D eigenvalue weighted by Crippen LogP contribution is -2.20. The van der Waals surface area contributed by atoms with Crippen LogP contribution in [0.1, 0.15) is 12.5 Å².